The Morgan fingerprint density at radius 3 is 2.81 bits per heavy atom. The third kappa shape index (κ3) is 4.44. The van der Waals surface area contributed by atoms with Gasteiger partial charge in [0.05, 0.1) is 12.8 Å². The first-order valence-electron chi connectivity index (χ1n) is 5.33. The second kappa shape index (κ2) is 7.99. The fourth-order valence-electron chi connectivity index (χ4n) is 1.37. The highest BCUT2D eigenvalue weighted by Crippen LogP contribution is 2.23. The first kappa shape index (κ1) is 17.5. The van der Waals surface area contributed by atoms with Gasteiger partial charge in [0.2, 0.25) is 5.83 Å². The quantitative estimate of drug-likeness (QED) is 0.196. The van der Waals surface area contributed by atoms with E-state index < -0.39 is 17.6 Å². The maximum absolute atomic E-state index is 14.0. The van der Waals surface area contributed by atoms with Gasteiger partial charge in [0.1, 0.15) is 5.71 Å². The van der Waals surface area contributed by atoms with E-state index in [-0.39, 0.29) is 22.5 Å². The van der Waals surface area contributed by atoms with Crippen LogP contribution in [0, 0.1) is 22.4 Å². The molecule has 0 saturated carbocycles. The maximum Gasteiger partial charge on any atom is 0.366 e. The summed E-state index contributed by atoms with van der Waals surface area (Å²) in [6, 6.07) is 2.54. The van der Waals surface area contributed by atoms with Gasteiger partial charge in [-0.25, -0.2) is 9.18 Å². The lowest BCUT2D eigenvalue weighted by Crippen LogP contribution is -2.06. The molecule has 0 spiro atoms. The number of anilines is 1. The summed E-state index contributed by atoms with van der Waals surface area (Å²) in [7, 11) is 2.18. The van der Waals surface area contributed by atoms with Gasteiger partial charge in [-0.3, -0.25) is 5.41 Å². The number of carbonyl (C=O) groups is 1. The SMILES string of the molecule is COC(=O)/C(F)=C/c1ccc(C(=N)C#CSI)c(N)c1F. The molecule has 0 aliphatic heterocycles. The summed E-state index contributed by atoms with van der Waals surface area (Å²) in [5, 5.41) is 10.3. The van der Waals surface area contributed by atoms with Gasteiger partial charge in [-0.15, -0.1) is 0 Å². The van der Waals surface area contributed by atoms with Crippen LogP contribution >= 0.6 is 30.1 Å². The second-order valence-electron chi connectivity index (χ2n) is 3.59. The summed E-state index contributed by atoms with van der Waals surface area (Å²) < 4.78 is 31.5. The number of halogens is 3. The van der Waals surface area contributed by atoms with Crippen LogP contribution in [0.2, 0.25) is 0 Å². The number of nitrogens with one attached hydrogen (secondary N) is 1. The van der Waals surface area contributed by atoms with Crippen molar-refractivity contribution >= 4 is 53.6 Å². The van der Waals surface area contributed by atoms with Crippen LogP contribution in [0.25, 0.3) is 6.08 Å². The van der Waals surface area contributed by atoms with E-state index in [4.69, 9.17) is 11.1 Å². The van der Waals surface area contributed by atoms with Gasteiger partial charge in [0.15, 0.2) is 5.82 Å². The van der Waals surface area contributed by atoms with Crippen LogP contribution in [0.1, 0.15) is 11.1 Å². The molecule has 0 fully saturated rings. The molecule has 1 aromatic carbocycles. The summed E-state index contributed by atoms with van der Waals surface area (Å²) in [6.07, 6.45) is 0.678. The smallest absolute Gasteiger partial charge is 0.366 e. The van der Waals surface area contributed by atoms with Gasteiger partial charge in [0.25, 0.3) is 0 Å². The lowest BCUT2D eigenvalue weighted by molar-refractivity contribution is -0.137. The van der Waals surface area contributed by atoms with Crippen LogP contribution in [0.5, 0.6) is 0 Å². The fourth-order valence-corrected chi connectivity index (χ4v) is 1.84. The molecule has 21 heavy (non-hydrogen) atoms. The zero-order valence-electron chi connectivity index (χ0n) is 10.7. The van der Waals surface area contributed by atoms with Gasteiger partial charge in [-0.2, -0.15) is 4.39 Å². The number of ether oxygens (including phenoxy) is 1. The number of rotatable bonds is 3. The van der Waals surface area contributed by atoms with E-state index in [9.17, 15) is 13.6 Å². The Bertz CT molecular complexity index is 681. The van der Waals surface area contributed by atoms with E-state index in [0.29, 0.717) is 6.08 Å². The molecule has 0 aliphatic rings. The van der Waals surface area contributed by atoms with Gasteiger partial charge in [0, 0.05) is 32.3 Å². The number of hydrogen-bond donors (Lipinski definition) is 2. The van der Waals surface area contributed by atoms with E-state index in [0.717, 1.165) is 7.11 Å². The number of hydrogen-bond acceptors (Lipinski definition) is 5. The van der Waals surface area contributed by atoms with Crippen molar-refractivity contribution in [1.82, 2.24) is 0 Å². The number of benzene rings is 1. The Labute approximate surface area is 136 Å². The van der Waals surface area contributed by atoms with Crippen molar-refractivity contribution in [3.8, 4) is 11.2 Å². The normalized spacial score (nSPS) is 10.6. The summed E-state index contributed by atoms with van der Waals surface area (Å²) in [5.74, 6) is -0.911. The average molecular weight is 422 g/mol. The Morgan fingerprint density at radius 1 is 1.57 bits per heavy atom. The van der Waals surface area contributed by atoms with Crippen LogP contribution in [-0.4, -0.2) is 18.8 Å². The molecule has 1 rings (SSSR count). The molecular weight excluding hydrogens is 413 g/mol. The molecule has 0 aliphatic carbocycles. The molecule has 110 valence electrons. The molecule has 0 saturated heterocycles. The highest BCUT2D eigenvalue weighted by Gasteiger charge is 2.15. The highest BCUT2D eigenvalue weighted by atomic mass is 127. The van der Waals surface area contributed by atoms with Crippen molar-refractivity contribution < 1.29 is 18.3 Å². The van der Waals surface area contributed by atoms with Gasteiger partial charge in [-0.1, -0.05) is 6.07 Å². The number of carbonyl (C=O) groups excluding carboxylic acids is 1. The topological polar surface area (TPSA) is 76.2 Å². The maximum atomic E-state index is 14.0. The Morgan fingerprint density at radius 2 is 2.24 bits per heavy atom. The van der Waals surface area contributed by atoms with E-state index in [1.54, 1.807) is 0 Å². The Hall–Kier alpha value is -1.60. The summed E-state index contributed by atoms with van der Waals surface area (Å²) in [5.41, 5.74) is 4.97. The predicted octanol–water partition coefficient (Wildman–Crippen LogP) is 3.30. The molecule has 0 aromatic heterocycles. The molecule has 0 bridgehead atoms. The zero-order valence-corrected chi connectivity index (χ0v) is 13.6. The highest BCUT2D eigenvalue weighted by molar-refractivity contribution is 14.2. The summed E-state index contributed by atoms with van der Waals surface area (Å²) in [4.78, 5) is 10.9. The van der Waals surface area contributed by atoms with Crippen molar-refractivity contribution in [2.75, 3.05) is 12.8 Å². The standard InChI is InChI=1S/C13H9F2IN2O2S/c1-20-13(19)9(14)6-7-2-3-8(12(18)11(7)15)10(17)4-5-21-16/h2-3,6,17H,18H2,1H3/b9-6-,17-10?. The van der Waals surface area contributed by atoms with Gasteiger partial charge >= 0.3 is 5.97 Å². The van der Waals surface area contributed by atoms with E-state index in [2.05, 4.69) is 15.9 Å². The number of nitrogens with two attached hydrogens (primary N) is 1. The summed E-state index contributed by atoms with van der Waals surface area (Å²) >= 11 is 1.93. The molecule has 0 unspecified atom stereocenters. The van der Waals surface area contributed by atoms with E-state index >= 15 is 0 Å². The van der Waals surface area contributed by atoms with Crippen LogP contribution in [-0.2, 0) is 9.53 Å². The molecule has 0 heterocycles. The van der Waals surface area contributed by atoms with Crippen molar-refractivity contribution in [1.29, 1.82) is 5.41 Å². The Balaban J connectivity index is 3.23. The third-order valence-corrected chi connectivity index (χ3v) is 3.20. The zero-order chi connectivity index (χ0) is 16.0. The third-order valence-electron chi connectivity index (χ3n) is 2.36. The van der Waals surface area contributed by atoms with Crippen molar-refractivity contribution in [3.05, 3.63) is 34.9 Å². The second-order valence-corrected chi connectivity index (χ2v) is 5.27. The molecule has 0 atom stereocenters. The van der Waals surface area contributed by atoms with Crippen LogP contribution in [0.15, 0.2) is 18.0 Å². The molecule has 4 nitrogen and oxygen atoms in total. The summed E-state index contributed by atoms with van der Waals surface area (Å²) in [6.45, 7) is 0. The number of nitrogen functional groups attached to an aromatic ring is 1. The Kier molecular flexibility index (Phi) is 6.64. The largest absolute Gasteiger partial charge is 0.464 e. The van der Waals surface area contributed by atoms with Crippen molar-refractivity contribution in [3.63, 3.8) is 0 Å². The van der Waals surface area contributed by atoms with Crippen LogP contribution in [0.4, 0.5) is 14.5 Å². The van der Waals surface area contributed by atoms with E-state index in [1.807, 2.05) is 21.2 Å². The first-order chi connectivity index (χ1) is 9.92. The fraction of sp³-hybridized carbons (Fsp3) is 0.0769. The molecule has 0 radical (unpaired) electrons. The first-order valence-corrected chi connectivity index (χ1v) is 8.69. The molecule has 3 N–H and O–H groups in total. The van der Waals surface area contributed by atoms with Crippen LogP contribution < -0.4 is 5.73 Å². The molecule has 0 amide bonds. The number of methoxy groups -OCH3 is 1. The predicted molar refractivity (Wildman–Crippen MR) is 88.1 cm³/mol. The monoisotopic (exact) mass is 422 g/mol. The number of esters is 1. The minimum atomic E-state index is -1.25. The van der Waals surface area contributed by atoms with E-state index in [1.165, 1.54) is 21.1 Å². The van der Waals surface area contributed by atoms with Crippen LogP contribution in [0.3, 0.4) is 0 Å². The van der Waals surface area contributed by atoms with Crippen molar-refractivity contribution in [2.24, 2.45) is 0 Å². The average Bonchev–Trinajstić information content (AvgIpc) is 2.48. The van der Waals surface area contributed by atoms with Crippen molar-refractivity contribution in [2.45, 2.75) is 0 Å². The lowest BCUT2D eigenvalue weighted by atomic mass is 10.0. The van der Waals surface area contributed by atoms with Gasteiger partial charge < -0.3 is 10.5 Å². The lowest BCUT2D eigenvalue weighted by Gasteiger charge is -2.07. The minimum Gasteiger partial charge on any atom is -0.464 e. The molecule has 1 aromatic rings. The van der Waals surface area contributed by atoms with Gasteiger partial charge in [-0.05, 0) is 32.2 Å². The molecule has 8 heteroatoms. The molecular formula is C13H9F2IN2O2S. The minimum absolute atomic E-state index is 0.0982.